The molecule has 2 rings (SSSR count). The SMILES string of the molecule is CCCc1cc(=O)oc2cc(OCC(=O)CC)ccc12. The van der Waals surface area contributed by atoms with Gasteiger partial charge in [-0.3, -0.25) is 4.79 Å². The first-order valence-corrected chi connectivity index (χ1v) is 6.85. The molecule has 20 heavy (non-hydrogen) atoms. The van der Waals surface area contributed by atoms with Gasteiger partial charge in [0.25, 0.3) is 0 Å². The van der Waals surface area contributed by atoms with Crippen LogP contribution in [-0.2, 0) is 11.2 Å². The van der Waals surface area contributed by atoms with Gasteiger partial charge in [0.15, 0.2) is 5.78 Å². The van der Waals surface area contributed by atoms with Gasteiger partial charge in [0.2, 0.25) is 0 Å². The Kier molecular flexibility index (Phi) is 4.56. The first-order valence-electron chi connectivity index (χ1n) is 6.85. The molecule has 4 heteroatoms. The third-order valence-electron chi connectivity index (χ3n) is 3.12. The standard InChI is InChI=1S/C16H18O4/c1-3-5-11-8-16(18)20-15-9-13(6-7-14(11)15)19-10-12(17)4-2/h6-9H,3-5,10H2,1-2H3. The molecule has 0 atom stereocenters. The van der Waals surface area contributed by atoms with Crippen molar-refractivity contribution in [2.24, 2.45) is 0 Å². The molecule has 0 fully saturated rings. The van der Waals surface area contributed by atoms with Gasteiger partial charge in [0.1, 0.15) is 17.9 Å². The van der Waals surface area contributed by atoms with Gasteiger partial charge in [-0.1, -0.05) is 20.3 Å². The molecular formula is C16H18O4. The highest BCUT2D eigenvalue weighted by Crippen LogP contribution is 2.23. The molecule has 0 aliphatic carbocycles. The summed E-state index contributed by atoms with van der Waals surface area (Å²) in [6, 6.07) is 6.87. The number of hydrogen-bond donors (Lipinski definition) is 0. The van der Waals surface area contributed by atoms with Crippen molar-refractivity contribution in [2.75, 3.05) is 6.61 Å². The number of Topliss-reactive ketones (excluding diaryl/α,β-unsaturated/α-hetero) is 1. The molecule has 0 unspecified atom stereocenters. The van der Waals surface area contributed by atoms with Crippen LogP contribution in [-0.4, -0.2) is 12.4 Å². The molecule has 0 aliphatic rings. The second kappa shape index (κ2) is 6.37. The Morgan fingerprint density at radius 3 is 2.75 bits per heavy atom. The Morgan fingerprint density at radius 2 is 2.05 bits per heavy atom. The van der Waals surface area contributed by atoms with Gasteiger partial charge < -0.3 is 9.15 Å². The highest BCUT2D eigenvalue weighted by atomic mass is 16.5. The molecule has 0 aliphatic heterocycles. The zero-order valence-electron chi connectivity index (χ0n) is 11.8. The summed E-state index contributed by atoms with van der Waals surface area (Å²) in [6.45, 7) is 3.90. The first-order chi connectivity index (χ1) is 9.63. The van der Waals surface area contributed by atoms with Crippen LogP contribution in [0.3, 0.4) is 0 Å². The lowest BCUT2D eigenvalue weighted by atomic mass is 10.1. The molecule has 0 saturated heterocycles. The zero-order valence-corrected chi connectivity index (χ0v) is 11.8. The zero-order chi connectivity index (χ0) is 14.5. The fraction of sp³-hybridized carbons (Fsp3) is 0.375. The van der Waals surface area contributed by atoms with E-state index in [1.165, 1.54) is 6.07 Å². The van der Waals surface area contributed by atoms with E-state index < -0.39 is 0 Å². The molecule has 0 N–H and O–H groups in total. The smallest absolute Gasteiger partial charge is 0.336 e. The second-order valence-corrected chi connectivity index (χ2v) is 4.68. The minimum absolute atomic E-state index is 0.0336. The highest BCUT2D eigenvalue weighted by molar-refractivity contribution is 5.82. The second-order valence-electron chi connectivity index (χ2n) is 4.68. The summed E-state index contributed by atoms with van der Waals surface area (Å²) in [5.41, 5.74) is 1.13. The summed E-state index contributed by atoms with van der Waals surface area (Å²) in [4.78, 5) is 22.8. The normalized spacial score (nSPS) is 10.7. The van der Waals surface area contributed by atoms with Crippen LogP contribution in [0, 0.1) is 0 Å². The maximum atomic E-state index is 11.5. The monoisotopic (exact) mass is 274 g/mol. The van der Waals surface area contributed by atoms with Crippen molar-refractivity contribution in [3.63, 3.8) is 0 Å². The molecule has 1 aromatic carbocycles. The van der Waals surface area contributed by atoms with Crippen LogP contribution < -0.4 is 10.4 Å². The molecule has 2 aromatic rings. The van der Waals surface area contributed by atoms with Crippen LogP contribution in [0.5, 0.6) is 5.75 Å². The van der Waals surface area contributed by atoms with Crippen molar-refractivity contribution >= 4 is 16.8 Å². The Bertz CT molecular complexity index is 670. The fourth-order valence-corrected chi connectivity index (χ4v) is 2.04. The molecule has 0 saturated carbocycles. The van der Waals surface area contributed by atoms with E-state index >= 15 is 0 Å². The fourth-order valence-electron chi connectivity index (χ4n) is 2.04. The predicted octanol–water partition coefficient (Wildman–Crippen LogP) is 3.10. The number of carbonyl (C=O) groups is 1. The van der Waals surface area contributed by atoms with Gasteiger partial charge in [0.05, 0.1) is 0 Å². The Balaban J connectivity index is 2.34. The van der Waals surface area contributed by atoms with Gasteiger partial charge in [-0.25, -0.2) is 4.79 Å². The number of ether oxygens (including phenoxy) is 1. The third kappa shape index (κ3) is 3.26. The Labute approximate surface area is 117 Å². The van der Waals surface area contributed by atoms with E-state index in [1.54, 1.807) is 19.1 Å². The number of carbonyl (C=O) groups excluding carboxylic acids is 1. The summed E-state index contributed by atoms with van der Waals surface area (Å²) in [5.74, 6) is 0.572. The van der Waals surface area contributed by atoms with Gasteiger partial charge >= 0.3 is 5.63 Å². The average molecular weight is 274 g/mol. The average Bonchev–Trinajstić information content (AvgIpc) is 2.44. The van der Waals surface area contributed by atoms with Crippen molar-refractivity contribution < 1.29 is 13.9 Å². The third-order valence-corrected chi connectivity index (χ3v) is 3.12. The summed E-state index contributed by atoms with van der Waals surface area (Å²) in [5, 5.41) is 0.917. The van der Waals surface area contributed by atoms with Crippen LogP contribution >= 0.6 is 0 Å². The molecule has 106 valence electrons. The Hall–Kier alpha value is -2.10. The molecular weight excluding hydrogens is 256 g/mol. The summed E-state index contributed by atoms with van der Waals surface area (Å²) < 4.78 is 10.6. The van der Waals surface area contributed by atoms with Gasteiger partial charge in [0, 0.05) is 23.9 Å². The maximum absolute atomic E-state index is 11.5. The molecule has 0 amide bonds. The summed E-state index contributed by atoms with van der Waals surface area (Å²) >= 11 is 0. The van der Waals surface area contributed by atoms with Crippen LogP contribution in [0.15, 0.2) is 33.5 Å². The van der Waals surface area contributed by atoms with Crippen LogP contribution in [0.4, 0.5) is 0 Å². The lowest BCUT2D eigenvalue weighted by Crippen LogP contribution is -2.09. The minimum Gasteiger partial charge on any atom is -0.486 e. The van der Waals surface area contributed by atoms with Crippen molar-refractivity contribution in [1.82, 2.24) is 0 Å². The molecule has 0 radical (unpaired) electrons. The van der Waals surface area contributed by atoms with E-state index in [0.717, 1.165) is 23.8 Å². The predicted molar refractivity (Wildman–Crippen MR) is 77.3 cm³/mol. The van der Waals surface area contributed by atoms with Crippen molar-refractivity contribution in [3.8, 4) is 5.75 Å². The first kappa shape index (κ1) is 14.3. The minimum atomic E-state index is -0.359. The lowest BCUT2D eigenvalue weighted by Gasteiger charge is -2.07. The number of fused-ring (bicyclic) bond motifs is 1. The topological polar surface area (TPSA) is 56.5 Å². The van der Waals surface area contributed by atoms with E-state index in [1.807, 2.05) is 6.07 Å². The number of ketones is 1. The maximum Gasteiger partial charge on any atom is 0.336 e. The number of hydrogen-bond acceptors (Lipinski definition) is 4. The number of aryl methyl sites for hydroxylation is 1. The van der Waals surface area contributed by atoms with E-state index in [0.29, 0.717) is 17.8 Å². The van der Waals surface area contributed by atoms with Crippen LogP contribution in [0.25, 0.3) is 11.0 Å². The molecule has 0 bridgehead atoms. The van der Waals surface area contributed by atoms with Gasteiger partial charge in [-0.05, 0) is 24.1 Å². The van der Waals surface area contributed by atoms with Crippen LogP contribution in [0.1, 0.15) is 32.3 Å². The van der Waals surface area contributed by atoms with E-state index in [-0.39, 0.29) is 18.0 Å². The highest BCUT2D eigenvalue weighted by Gasteiger charge is 2.07. The van der Waals surface area contributed by atoms with Gasteiger partial charge in [-0.15, -0.1) is 0 Å². The number of rotatable bonds is 6. The number of benzene rings is 1. The van der Waals surface area contributed by atoms with E-state index in [9.17, 15) is 9.59 Å². The summed E-state index contributed by atoms with van der Waals surface area (Å²) in [6.07, 6.45) is 2.24. The van der Waals surface area contributed by atoms with E-state index in [2.05, 4.69) is 6.92 Å². The molecule has 1 heterocycles. The molecule has 1 aromatic heterocycles. The quantitative estimate of drug-likeness (QED) is 0.759. The van der Waals surface area contributed by atoms with E-state index in [4.69, 9.17) is 9.15 Å². The largest absolute Gasteiger partial charge is 0.486 e. The lowest BCUT2D eigenvalue weighted by molar-refractivity contribution is -0.120. The van der Waals surface area contributed by atoms with Crippen molar-refractivity contribution in [1.29, 1.82) is 0 Å². The Morgan fingerprint density at radius 1 is 1.25 bits per heavy atom. The van der Waals surface area contributed by atoms with Crippen molar-refractivity contribution in [2.45, 2.75) is 33.1 Å². The van der Waals surface area contributed by atoms with Crippen molar-refractivity contribution in [3.05, 3.63) is 40.2 Å². The van der Waals surface area contributed by atoms with Crippen LogP contribution in [0.2, 0.25) is 0 Å². The van der Waals surface area contributed by atoms with Gasteiger partial charge in [-0.2, -0.15) is 0 Å². The molecule has 0 spiro atoms. The summed E-state index contributed by atoms with van der Waals surface area (Å²) in [7, 11) is 0. The molecule has 4 nitrogen and oxygen atoms in total.